The summed E-state index contributed by atoms with van der Waals surface area (Å²) in [7, 11) is 4.15. The second-order valence-corrected chi connectivity index (χ2v) is 8.49. The fourth-order valence-corrected chi connectivity index (χ4v) is 4.62. The van der Waals surface area contributed by atoms with Gasteiger partial charge in [-0.1, -0.05) is 30.2 Å². The van der Waals surface area contributed by atoms with Gasteiger partial charge in [0.15, 0.2) is 5.13 Å². The smallest absolute Gasteiger partial charge is 0.231 e. The highest BCUT2D eigenvalue weighted by atomic mass is 35.5. The number of halogens is 1. The predicted octanol–water partition coefficient (Wildman–Crippen LogP) is 4.81. The molecule has 0 saturated heterocycles. The van der Waals surface area contributed by atoms with E-state index in [0.29, 0.717) is 0 Å². The van der Waals surface area contributed by atoms with Crippen molar-refractivity contribution in [1.29, 1.82) is 0 Å². The van der Waals surface area contributed by atoms with Crippen LogP contribution in [0.25, 0.3) is 10.2 Å². The highest BCUT2D eigenvalue weighted by molar-refractivity contribution is 7.22. The van der Waals surface area contributed by atoms with Gasteiger partial charge < -0.3 is 4.90 Å². The van der Waals surface area contributed by atoms with Crippen molar-refractivity contribution in [3.63, 3.8) is 0 Å². The van der Waals surface area contributed by atoms with Crippen LogP contribution in [0.2, 0.25) is 0 Å². The Morgan fingerprint density at radius 2 is 1.88 bits per heavy atom. The maximum atomic E-state index is 13.1. The Hall–Kier alpha value is -1.17. The molecule has 4 nitrogen and oxygen atoms in total. The lowest BCUT2D eigenvalue weighted by atomic mass is 10.1. The maximum Gasteiger partial charge on any atom is 0.231 e. The summed E-state index contributed by atoms with van der Waals surface area (Å²) < 4.78 is 1.18. The lowest BCUT2D eigenvalue weighted by Gasteiger charge is -2.24. The van der Waals surface area contributed by atoms with Crippen molar-refractivity contribution < 1.29 is 4.79 Å². The minimum Gasteiger partial charge on any atom is -0.309 e. The topological polar surface area (TPSA) is 36.4 Å². The molecule has 0 radical (unpaired) electrons. The first-order valence-electron chi connectivity index (χ1n) is 9.30. The number of benzene rings is 1. The van der Waals surface area contributed by atoms with Crippen LogP contribution in [0, 0.1) is 19.8 Å². The Kier molecular flexibility index (Phi) is 7.44. The van der Waals surface area contributed by atoms with E-state index < -0.39 is 0 Å². The third-order valence-corrected chi connectivity index (χ3v) is 6.31. The minimum absolute atomic E-state index is 0. The monoisotopic (exact) mass is 395 g/mol. The molecule has 144 valence electrons. The number of amides is 1. The van der Waals surface area contributed by atoms with E-state index in [9.17, 15) is 4.79 Å². The minimum atomic E-state index is 0. The molecule has 2 aromatic rings. The Labute approximate surface area is 167 Å². The van der Waals surface area contributed by atoms with Gasteiger partial charge in [0, 0.05) is 12.5 Å². The Morgan fingerprint density at radius 1 is 1.19 bits per heavy atom. The zero-order valence-electron chi connectivity index (χ0n) is 16.2. The van der Waals surface area contributed by atoms with Crippen LogP contribution < -0.4 is 4.90 Å². The van der Waals surface area contributed by atoms with Crippen LogP contribution in [0.1, 0.15) is 43.2 Å². The van der Waals surface area contributed by atoms with E-state index in [1.54, 1.807) is 11.3 Å². The molecular weight excluding hydrogens is 366 g/mol. The molecular formula is C20H30ClN3OS. The average molecular weight is 396 g/mol. The van der Waals surface area contributed by atoms with Crippen molar-refractivity contribution >= 4 is 45.0 Å². The number of thiazole rings is 1. The van der Waals surface area contributed by atoms with E-state index in [1.807, 2.05) is 4.90 Å². The number of aromatic nitrogens is 1. The van der Waals surface area contributed by atoms with Gasteiger partial charge in [-0.2, -0.15) is 0 Å². The molecule has 0 unspecified atom stereocenters. The largest absolute Gasteiger partial charge is 0.309 e. The molecule has 3 rings (SSSR count). The van der Waals surface area contributed by atoms with Crippen molar-refractivity contribution in [2.45, 2.75) is 46.0 Å². The van der Waals surface area contributed by atoms with Crippen molar-refractivity contribution in [1.82, 2.24) is 9.88 Å². The van der Waals surface area contributed by atoms with Gasteiger partial charge in [0.2, 0.25) is 5.91 Å². The number of aryl methyl sites for hydroxylation is 2. The molecule has 1 amide bonds. The fraction of sp³-hybridized carbons (Fsp3) is 0.600. The van der Waals surface area contributed by atoms with Gasteiger partial charge in [-0.25, -0.2) is 4.98 Å². The molecule has 1 aliphatic rings. The molecule has 0 atom stereocenters. The summed E-state index contributed by atoms with van der Waals surface area (Å²) in [5.41, 5.74) is 3.53. The zero-order chi connectivity index (χ0) is 18.0. The molecule has 0 aliphatic heterocycles. The Morgan fingerprint density at radius 3 is 2.54 bits per heavy atom. The lowest BCUT2D eigenvalue weighted by molar-refractivity contribution is -0.122. The zero-order valence-corrected chi connectivity index (χ0v) is 17.9. The molecule has 6 heteroatoms. The molecule has 26 heavy (non-hydrogen) atoms. The summed E-state index contributed by atoms with van der Waals surface area (Å²) in [5, 5.41) is 0.874. The third kappa shape index (κ3) is 4.56. The number of carbonyl (C=O) groups excluding carboxylic acids is 1. The third-order valence-electron chi connectivity index (χ3n) is 5.26. The number of nitrogens with zero attached hydrogens (tertiary/aromatic N) is 3. The first kappa shape index (κ1) is 21.1. The van der Waals surface area contributed by atoms with Crippen LogP contribution in [-0.2, 0) is 4.79 Å². The van der Waals surface area contributed by atoms with Crippen LogP contribution in [0.5, 0.6) is 0 Å². The van der Waals surface area contributed by atoms with E-state index in [2.05, 4.69) is 45.0 Å². The van der Waals surface area contributed by atoms with Gasteiger partial charge in [0.05, 0.1) is 10.2 Å². The second kappa shape index (κ2) is 9.16. The Balaban J connectivity index is 0.00000243. The molecule has 1 aromatic heterocycles. The molecule has 0 bridgehead atoms. The van der Waals surface area contributed by atoms with Crippen molar-refractivity contribution in [3.8, 4) is 0 Å². The van der Waals surface area contributed by atoms with E-state index in [1.165, 1.54) is 28.7 Å². The number of carbonyl (C=O) groups is 1. The average Bonchev–Trinajstić information content (AvgIpc) is 3.24. The van der Waals surface area contributed by atoms with Gasteiger partial charge >= 0.3 is 0 Å². The first-order valence-corrected chi connectivity index (χ1v) is 10.1. The summed E-state index contributed by atoms with van der Waals surface area (Å²) in [4.78, 5) is 22.1. The first-order chi connectivity index (χ1) is 12.0. The van der Waals surface area contributed by atoms with E-state index in [0.717, 1.165) is 43.0 Å². The molecule has 0 N–H and O–H groups in total. The fourth-order valence-electron chi connectivity index (χ4n) is 3.57. The maximum absolute atomic E-state index is 13.1. The molecule has 1 heterocycles. The van der Waals surface area contributed by atoms with Crippen LogP contribution in [0.4, 0.5) is 5.13 Å². The van der Waals surface area contributed by atoms with Gasteiger partial charge in [-0.05, 0) is 70.9 Å². The van der Waals surface area contributed by atoms with Crippen LogP contribution in [0.3, 0.4) is 0 Å². The summed E-state index contributed by atoms with van der Waals surface area (Å²) in [6.45, 7) is 5.98. The predicted molar refractivity (Wildman–Crippen MR) is 114 cm³/mol. The number of rotatable bonds is 6. The summed E-state index contributed by atoms with van der Waals surface area (Å²) in [5.74, 6) is 0.471. The van der Waals surface area contributed by atoms with Crippen molar-refractivity contribution in [2.75, 3.05) is 32.1 Å². The SMILES string of the molecule is Cc1ccc2sc(N(CCCN(C)C)C(=O)C3CCCC3)nc2c1C.Cl. The molecule has 1 aliphatic carbocycles. The highest BCUT2D eigenvalue weighted by Gasteiger charge is 2.29. The summed E-state index contributed by atoms with van der Waals surface area (Å²) >= 11 is 1.65. The summed E-state index contributed by atoms with van der Waals surface area (Å²) in [6, 6.07) is 4.28. The standard InChI is InChI=1S/C20H29N3OS.ClH/c1-14-10-11-17-18(15(14)2)21-20(25-17)23(13-7-12-22(3)4)19(24)16-8-5-6-9-16;/h10-11,16H,5-9,12-13H2,1-4H3;1H. The van der Waals surface area contributed by atoms with Gasteiger partial charge in [0.25, 0.3) is 0 Å². The number of anilines is 1. The van der Waals surface area contributed by atoms with Gasteiger partial charge in [-0.3, -0.25) is 9.69 Å². The van der Waals surface area contributed by atoms with E-state index in [4.69, 9.17) is 4.98 Å². The number of fused-ring (bicyclic) bond motifs is 1. The van der Waals surface area contributed by atoms with Crippen LogP contribution >= 0.6 is 23.7 Å². The van der Waals surface area contributed by atoms with E-state index >= 15 is 0 Å². The summed E-state index contributed by atoms with van der Waals surface area (Å²) in [6.07, 6.45) is 5.40. The highest BCUT2D eigenvalue weighted by Crippen LogP contribution is 2.34. The van der Waals surface area contributed by atoms with Crippen molar-refractivity contribution in [3.05, 3.63) is 23.3 Å². The van der Waals surface area contributed by atoms with Crippen molar-refractivity contribution in [2.24, 2.45) is 5.92 Å². The van der Waals surface area contributed by atoms with Gasteiger partial charge in [-0.15, -0.1) is 12.4 Å². The van der Waals surface area contributed by atoms with Crippen LogP contribution in [-0.4, -0.2) is 43.0 Å². The normalized spacial score (nSPS) is 14.8. The van der Waals surface area contributed by atoms with Gasteiger partial charge in [0.1, 0.15) is 0 Å². The molecule has 1 aromatic carbocycles. The number of hydrogen-bond donors (Lipinski definition) is 0. The van der Waals surface area contributed by atoms with E-state index in [-0.39, 0.29) is 24.2 Å². The molecule has 1 saturated carbocycles. The number of hydrogen-bond acceptors (Lipinski definition) is 4. The molecule has 1 fully saturated rings. The quantitative estimate of drug-likeness (QED) is 0.704. The Bertz CT molecular complexity index is 753. The lowest BCUT2D eigenvalue weighted by Crippen LogP contribution is -2.37. The van der Waals surface area contributed by atoms with Crippen LogP contribution in [0.15, 0.2) is 12.1 Å². The molecule has 0 spiro atoms. The second-order valence-electron chi connectivity index (χ2n) is 7.48.